The van der Waals surface area contributed by atoms with Gasteiger partial charge in [0.2, 0.25) is 0 Å². The minimum Gasteiger partial charge on any atom is -0.460 e. The molecule has 1 atom stereocenters. The summed E-state index contributed by atoms with van der Waals surface area (Å²) in [5.41, 5.74) is 0.947. The zero-order valence-corrected chi connectivity index (χ0v) is 11.5. The minimum absolute atomic E-state index is 0.251. The first-order valence-electron chi connectivity index (χ1n) is 5.86. The van der Waals surface area contributed by atoms with Crippen LogP contribution >= 0.6 is 8.46 Å². The Morgan fingerprint density at radius 2 is 1.82 bits per heavy atom. The molecule has 4 heteroatoms. The van der Waals surface area contributed by atoms with Crippen molar-refractivity contribution in [1.82, 2.24) is 0 Å². The van der Waals surface area contributed by atoms with Gasteiger partial charge in [-0.05, 0) is 18.4 Å². The van der Waals surface area contributed by atoms with Gasteiger partial charge in [-0.15, -0.1) is 0 Å². The molecule has 1 aromatic carbocycles. The highest BCUT2D eigenvalue weighted by molar-refractivity contribution is 7.27. The van der Waals surface area contributed by atoms with Crippen LogP contribution in [0.15, 0.2) is 30.3 Å². The van der Waals surface area contributed by atoms with E-state index in [2.05, 4.69) is 0 Å². The third kappa shape index (κ3) is 3.44. The SMILES string of the molecule is CCC(CC)([PH2]=O)C(=O)OCc1ccccc1. The number of hydrogen-bond donors (Lipinski definition) is 0. The van der Waals surface area contributed by atoms with Crippen molar-refractivity contribution in [2.75, 3.05) is 0 Å². The first kappa shape index (κ1) is 14.0. The molecule has 0 saturated carbocycles. The largest absolute Gasteiger partial charge is 0.460 e. The Balaban J connectivity index is 2.63. The molecule has 3 nitrogen and oxygen atoms in total. The highest BCUT2D eigenvalue weighted by atomic mass is 31.1. The first-order chi connectivity index (χ1) is 8.18. The van der Waals surface area contributed by atoms with E-state index in [4.69, 9.17) is 4.74 Å². The van der Waals surface area contributed by atoms with Gasteiger partial charge in [0.15, 0.2) is 0 Å². The van der Waals surface area contributed by atoms with Gasteiger partial charge in [0.05, 0.1) is 8.46 Å². The van der Waals surface area contributed by atoms with Gasteiger partial charge < -0.3 is 9.30 Å². The van der Waals surface area contributed by atoms with Crippen LogP contribution < -0.4 is 0 Å². The maximum absolute atomic E-state index is 11.9. The molecule has 94 valence electrons. The predicted molar refractivity (Wildman–Crippen MR) is 69.9 cm³/mol. The molecule has 0 aliphatic carbocycles. The van der Waals surface area contributed by atoms with Crippen LogP contribution in [0.2, 0.25) is 0 Å². The Morgan fingerprint density at radius 1 is 1.24 bits per heavy atom. The second kappa shape index (κ2) is 6.61. The smallest absolute Gasteiger partial charge is 0.319 e. The van der Waals surface area contributed by atoms with Crippen LogP contribution in [0.3, 0.4) is 0 Å². The third-order valence-electron chi connectivity index (χ3n) is 3.11. The minimum atomic E-state index is -1.15. The van der Waals surface area contributed by atoms with Crippen LogP contribution in [0.1, 0.15) is 32.3 Å². The van der Waals surface area contributed by atoms with E-state index in [1.807, 2.05) is 44.2 Å². The van der Waals surface area contributed by atoms with Gasteiger partial charge in [-0.25, -0.2) is 0 Å². The number of hydrogen-bond acceptors (Lipinski definition) is 3. The van der Waals surface area contributed by atoms with Crippen LogP contribution in [-0.4, -0.2) is 11.1 Å². The van der Waals surface area contributed by atoms with E-state index in [0.717, 1.165) is 5.56 Å². The lowest BCUT2D eigenvalue weighted by Gasteiger charge is -2.23. The van der Waals surface area contributed by atoms with Crippen molar-refractivity contribution in [3.05, 3.63) is 35.9 Å². The first-order valence-corrected chi connectivity index (χ1v) is 6.91. The van der Waals surface area contributed by atoms with Gasteiger partial charge in [-0.2, -0.15) is 0 Å². The van der Waals surface area contributed by atoms with Crippen molar-refractivity contribution >= 4 is 14.4 Å². The van der Waals surface area contributed by atoms with Crippen molar-refractivity contribution in [3.63, 3.8) is 0 Å². The summed E-state index contributed by atoms with van der Waals surface area (Å²) in [5, 5.41) is -0.769. The fourth-order valence-corrected chi connectivity index (χ4v) is 2.13. The summed E-state index contributed by atoms with van der Waals surface area (Å²) < 4.78 is 16.5. The number of rotatable bonds is 6. The number of esters is 1. The van der Waals surface area contributed by atoms with Crippen molar-refractivity contribution in [2.45, 2.75) is 38.5 Å². The Bertz CT molecular complexity index is 372. The Hall–Kier alpha value is -1.08. The van der Waals surface area contributed by atoms with E-state index < -0.39 is 13.6 Å². The molecule has 17 heavy (non-hydrogen) atoms. The Morgan fingerprint density at radius 3 is 2.29 bits per heavy atom. The molecule has 0 heterocycles. The molecule has 0 spiro atoms. The molecule has 1 aromatic rings. The third-order valence-corrected chi connectivity index (χ3v) is 4.61. The van der Waals surface area contributed by atoms with E-state index in [-0.39, 0.29) is 12.6 Å². The maximum Gasteiger partial charge on any atom is 0.319 e. The van der Waals surface area contributed by atoms with Gasteiger partial charge in [0.1, 0.15) is 11.8 Å². The Kier molecular flexibility index (Phi) is 5.43. The molecule has 0 fully saturated rings. The summed E-state index contributed by atoms with van der Waals surface area (Å²) in [6, 6.07) is 9.51. The maximum atomic E-state index is 11.9. The second-order valence-corrected chi connectivity index (χ2v) is 5.38. The summed E-state index contributed by atoms with van der Waals surface area (Å²) >= 11 is 0. The molecule has 0 saturated heterocycles. The summed E-state index contributed by atoms with van der Waals surface area (Å²) in [7, 11) is -1.15. The van der Waals surface area contributed by atoms with E-state index >= 15 is 0 Å². The van der Waals surface area contributed by atoms with E-state index in [1.165, 1.54) is 0 Å². The highest BCUT2D eigenvalue weighted by Gasteiger charge is 2.35. The van der Waals surface area contributed by atoms with Crippen LogP contribution in [-0.2, 0) is 20.7 Å². The molecule has 0 radical (unpaired) electrons. The van der Waals surface area contributed by atoms with Crippen molar-refractivity contribution in [2.24, 2.45) is 0 Å². The molecule has 0 aromatic heterocycles. The molecule has 0 aliphatic heterocycles. The van der Waals surface area contributed by atoms with Gasteiger partial charge in [-0.1, -0.05) is 44.2 Å². The molecule has 1 unspecified atom stereocenters. The molecule has 0 N–H and O–H groups in total. The van der Waals surface area contributed by atoms with Crippen molar-refractivity contribution in [1.29, 1.82) is 0 Å². The predicted octanol–water partition coefficient (Wildman–Crippen LogP) is 3.04. The monoisotopic (exact) mass is 254 g/mol. The summed E-state index contributed by atoms with van der Waals surface area (Å²) in [5.74, 6) is -0.337. The number of ether oxygens (including phenoxy) is 1. The van der Waals surface area contributed by atoms with Gasteiger partial charge in [-0.3, -0.25) is 4.79 Å². The standard InChI is InChI=1S/C13H19O3P/c1-3-13(4-2,17-15)12(14)16-10-11-8-6-5-7-9-11/h5-9H,3-4,10,17H2,1-2H3. The van der Waals surface area contributed by atoms with E-state index in [9.17, 15) is 9.36 Å². The Labute approximate surface area is 103 Å². The molecule has 1 rings (SSSR count). The summed E-state index contributed by atoms with van der Waals surface area (Å²) in [6.07, 6.45) is 1.13. The van der Waals surface area contributed by atoms with Crippen LogP contribution in [0.4, 0.5) is 0 Å². The lowest BCUT2D eigenvalue weighted by atomic mass is 10.0. The summed E-state index contributed by atoms with van der Waals surface area (Å²) in [4.78, 5) is 11.9. The van der Waals surface area contributed by atoms with Crippen LogP contribution in [0.25, 0.3) is 0 Å². The fraction of sp³-hybridized carbons (Fsp3) is 0.462. The average Bonchev–Trinajstić information content (AvgIpc) is 2.40. The van der Waals surface area contributed by atoms with Gasteiger partial charge in [0, 0.05) is 0 Å². The highest BCUT2D eigenvalue weighted by Crippen LogP contribution is 2.32. The van der Waals surface area contributed by atoms with E-state index in [1.54, 1.807) is 0 Å². The normalized spacial score (nSPS) is 11.9. The van der Waals surface area contributed by atoms with E-state index in [0.29, 0.717) is 12.8 Å². The molecule has 0 bridgehead atoms. The van der Waals surface area contributed by atoms with Crippen molar-refractivity contribution in [3.8, 4) is 0 Å². The fourth-order valence-electron chi connectivity index (χ4n) is 1.62. The number of benzene rings is 1. The van der Waals surface area contributed by atoms with Gasteiger partial charge in [0.25, 0.3) is 0 Å². The lowest BCUT2D eigenvalue weighted by molar-refractivity contribution is -0.148. The second-order valence-electron chi connectivity index (χ2n) is 4.04. The zero-order valence-electron chi connectivity index (χ0n) is 10.3. The molecular weight excluding hydrogens is 235 g/mol. The van der Waals surface area contributed by atoms with Crippen molar-refractivity contribution < 1.29 is 14.1 Å². The topological polar surface area (TPSA) is 43.4 Å². The lowest BCUT2D eigenvalue weighted by Crippen LogP contribution is -2.33. The number of carbonyl (C=O) groups is 1. The van der Waals surface area contributed by atoms with Crippen LogP contribution in [0.5, 0.6) is 0 Å². The van der Waals surface area contributed by atoms with Crippen LogP contribution in [0, 0.1) is 0 Å². The summed E-state index contributed by atoms with van der Waals surface area (Å²) in [6.45, 7) is 4.00. The zero-order chi connectivity index (χ0) is 12.7. The number of carbonyl (C=O) groups excluding carboxylic acids is 1. The molecule has 0 aliphatic rings. The average molecular weight is 254 g/mol. The quantitative estimate of drug-likeness (QED) is 0.579. The molecular formula is C13H19O3P. The van der Waals surface area contributed by atoms with Gasteiger partial charge >= 0.3 is 5.97 Å². The molecule has 0 amide bonds.